The minimum absolute atomic E-state index is 0.595. The maximum atomic E-state index is 5.79. The summed E-state index contributed by atoms with van der Waals surface area (Å²) in [5, 5.41) is 0.686. The van der Waals surface area contributed by atoms with Crippen LogP contribution in [0.15, 0.2) is 41.1 Å². The van der Waals surface area contributed by atoms with E-state index in [1.54, 1.807) is 6.20 Å². The average Bonchev–Trinajstić information content (AvgIpc) is 2.56. The maximum Gasteiger partial charge on any atom is 0.225 e. The summed E-state index contributed by atoms with van der Waals surface area (Å²) in [6.45, 7) is 0. The molecule has 60 valence electrons. The highest BCUT2D eigenvalue weighted by atomic mass is 35.5. The number of hydrogen-bond donors (Lipinski definition) is 0. The number of oxazole rings is 1. The zero-order chi connectivity index (χ0) is 8.39. The highest BCUT2D eigenvalue weighted by Crippen LogP contribution is 2.20. The minimum Gasteiger partial charge on any atom is -0.445 e. The molecule has 1 heterocycles. The van der Waals surface area contributed by atoms with E-state index in [1.165, 1.54) is 6.26 Å². The van der Waals surface area contributed by atoms with Crippen molar-refractivity contribution in [3.05, 3.63) is 41.7 Å². The number of halogens is 1. The summed E-state index contributed by atoms with van der Waals surface area (Å²) < 4.78 is 5.10. The molecule has 0 aliphatic rings. The number of aromatic nitrogens is 1. The summed E-state index contributed by atoms with van der Waals surface area (Å²) in [5.41, 5.74) is 0.896. The van der Waals surface area contributed by atoms with Gasteiger partial charge in [0.2, 0.25) is 5.89 Å². The Hall–Kier alpha value is -1.28. The molecule has 0 saturated heterocycles. The summed E-state index contributed by atoms with van der Waals surface area (Å²) >= 11 is 5.79. The monoisotopic (exact) mass is 179 g/mol. The highest BCUT2D eigenvalue weighted by Gasteiger charge is 2.00. The van der Waals surface area contributed by atoms with Gasteiger partial charge in [0, 0.05) is 10.6 Å². The van der Waals surface area contributed by atoms with Crippen LogP contribution in [-0.4, -0.2) is 4.98 Å². The van der Waals surface area contributed by atoms with Crippen LogP contribution in [0.1, 0.15) is 0 Å². The molecule has 1 aromatic heterocycles. The third kappa shape index (κ3) is 1.34. The Morgan fingerprint density at radius 3 is 2.92 bits per heavy atom. The Labute approximate surface area is 74.8 Å². The Bertz CT molecular complexity index is 370. The van der Waals surface area contributed by atoms with E-state index in [0.717, 1.165) is 5.56 Å². The van der Waals surface area contributed by atoms with Crippen LogP contribution in [0.25, 0.3) is 11.5 Å². The van der Waals surface area contributed by atoms with E-state index < -0.39 is 0 Å². The third-order valence-electron chi connectivity index (χ3n) is 1.50. The summed E-state index contributed by atoms with van der Waals surface area (Å²) in [7, 11) is 0. The molecule has 0 fully saturated rings. The van der Waals surface area contributed by atoms with Crippen molar-refractivity contribution >= 4 is 11.6 Å². The lowest BCUT2D eigenvalue weighted by Crippen LogP contribution is -1.75. The summed E-state index contributed by atoms with van der Waals surface area (Å²) in [6, 6.07) is 7.39. The SMILES string of the molecule is Clc1cccc(-c2ncco2)c1. The van der Waals surface area contributed by atoms with Crippen molar-refractivity contribution in [1.29, 1.82) is 0 Å². The molecule has 2 aromatic rings. The number of rotatable bonds is 1. The molecule has 0 N–H and O–H groups in total. The molecule has 0 saturated carbocycles. The Morgan fingerprint density at radius 1 is 1.33 bits per heavy atom. The third-order valence-corrected chi connectivity index (χ3v) is 1.74. The van der Waals surface area contributed by atoms with Gasteiger partial charge in [-0.15, -0.1) is 0 Å². The van der Waals surface area contributed by atoms with Crippen molar-refractivity contribution < 1.29 is 4.42 Å². The van der Waals surface area contributed by atoms with Crippen LogP contribution in [0.3, 0.4) is 0 Å². The van der Waals surface area contributed by atoms with E-state index >= 15 is 0 Å². The van der Waals surface area contributed by atoms with Gasteiger partial charge < -0.3 is 4.42 Å². The lowest BCUT2D eigenvalue weighted by atomic mass is 10.2. The predicted octanol–water partition coefficient (Wildman–Crippen LogP) is 3.00. The zero-order valence-corrected chi connectivity index (χ0v) is 6.95. The second-order valence-corrected chi connectivity index (χ2v) is 2.78. The van der Waals surface area contributed by atoms with E-state index in [9.17, 15) is 0 Å². The predicted molar refractivity (Wildman–Crippen MR) is 46.9 cm³/mol. The van der Waals surface area contributed by atoms with E-state index in [-0.39, 0.29) is 0 Å². The number of nitrogens with zero attached hydrogens (tertiary/aromatic N) is 1. The largest absolute Gasteiger partial charge is 0.445 e. The Kier molecular flexibility index (Phi) is 1.84. The van der Waals surface area contributed by atoms with Gasteiger partial charge in [-0.05, 0) is 18.2 Å². The fourth-order valence-electron chi connectivity index (χ4n) is 0.988. The van der Waals surface area contributed by atoms with Gasteiger partial charge in [-0.3, -0.25) is 0 Å². The van der Waals surface area contributed by atoms with Gasteiger partial charge in [0.05, 0.1) is 6.20 Å². The highest BCUT2D eigenvalue weighted by molar-refractivity contribution is 6.30. The van der Waals surface area contributed by atoms with Crippen LogP contribution in [0.5, 0.6) is 0 Å². The lowest BCUT2D eigenvalue weighted by molar-refractivity contribution is 0.574. The van der Waals surface area contributed by atoms with E-state index in [2.05, 4.69) is 4.98 Å². The van der Waals surface area contributed by atoms with Crippen molar-refractivity contribution in [3.8, 4) is 11.5 Å². The fraction of sp³-hybridized carbons (Fsp3) is 0. The summed E-state index contributed by atoms with van der Waals surface area (Å²) in [5.74, 6) is 0.595. The van der Waals surface area contributed by atoms with E-state index in [0.29, 0.717) is 10.9 Å². The van der Waals surface area contributed by atoms with Crippen LogP contribution in [0, 0.1) is 0 Å². The average molecular weight is 180 g/mol. The van der Waals surface area contributed by atoms with Crippen molar-refractivity contribution in [1.82, 2.24) is 4.98 Å². The normalized spacial score (nSPS) is 10.1. The van der Waals surface area contributed by atoms with Gasteiger partial charge in [0.15, 0.2) is 0 Å². The molecule has 1 aromatic carbocycles. The molecule has 2 rings (SSSR count). The summed E-state index contributed by atoms with van der Waals surface area (Å²) in [6.07, 6.45) is 3.15. The van der Waals surface area contributed by atoms with Crippen LogP contribution in [-0.2, 0) is 0 Å². The topological polar surface area (TPSA) is 26.0 Å². The van der Waals surface area contributed by atoms with Crippen molar-refractivity contribution in [3.63, 3.8) is 0 Å². The number of hydrogen-bond acceptors (Lipinski definition) is 2. The van der Waals surface area contributed by atoms with Crippen LogP contribution in [0.4, 0.5) is 0 Å². The van der Waals surface area contributed by atoms with E-state index in [1.807, 2.05) is 24.3 Å². The zero-order valence-electron chi connectivity index (χ0n) is 6.20. The minimum atomic E-state index is 0.595. The van der Waals surface area contributed by atoms with Gasteiger partial charge in [0.1, 0.15) is 6.26 Å². The molecule has 0 amide bonds. The van der Waals surface area contributed by atoms with Crippen molar-refractivity contribution in [2.75, 3.05) is 0 Å². The number of benzene rings is 1. The second-order valence-electron chi connectivity index (χ2n) is 2.35. The molecular weight excluding hydrogens is 174 g/mol. The molecule has 0 aliphatic carbocycles. The van der Waals surface area contributed by atoms with Crippen LogP contribution in [0.2, 0.25) is 5.02 Å². The first-order valence-corrected chi connectivity index (χ1v) is 3.89. The first-order chi connectivity index (χ1) is 5.86. The fourth-order valence-corrected chi connectivity index (χ4v) is 1.18. The molecule has 3 heteroatoms. The molecule has 0 unspecified atom stereocenters. The lowest BCUT2D eigenvalue weighted by Gasteiger charge is -1.94. The second kappa shape index (κ2) is 2.99. The molecule has 0 spiro atoms. The molecule has 0 atom stereocenters. The molecule has 0 radical (unpaired) electrons. The van der Waals surface area contributed by atoms with Crippen LogP contribution < -0.4 is 0 Å². The summed E-state index contributed by atoms with van der Waals surface area (Å²) in [4.78, 5) is 4.00. The van der Waals surface area contributed by atoms with Gasteiger partial charge in [-0.25, -0.2) is 4.98 Å². The first kappa shape index (κ1) is 7.37. The van der Waals surface area contributed by atoms with Gasteiger partial charge in [-0.1, -0.05) is 17.7 Å². The van der Waals surface area contributed by atoms with E-state index in [4.69, 9.17) is 16.0 Å². The molecule has 2 nitrogen and oxygen atoms in total. The van der Waals surface area contributed by atoms with Gasteiger partial charge >= 0.3 is 0 Å². The van der Waals surface area contributed by atoms with Crippen molar-refractivity contribution in [2.24, 2.45) is 0 Å². The van der Waals surface area contributed by atoms with Gasteiger partial charge in [-0.2, -0.15) is 0 Å². The standard InChI is InChI=1S/C9H6ClNO/c10-8-3-1-2-7(6-8)9-11-4-5-12-9/h1-6H. The van der Waals surface area contributed by atoms with Crippen LogP contribution >= 0.6 is 11.6 Å². The quantitative estimate of drug-likeness (QED) is 0.673. The molecule has 12 heavy (non-hydrogen) atoms. The Balaban J connectivity index is 2.48. The first-order valence-electron chi connectivity index (χ1n) is 3.52. The Morgan fingerprint density at radius 2 is 2.25 bits per heavy atom. The van der Waals surface area contributed by atoms with Gasteiger partial charge in [0.25, 0.3) is 0 Å². The smallest absolute Gasteiger partial charge is 0.225 e. The molecule has 0 bridgehead atoms. The molecule has 0 aliphatic heterocycles. The van der Waals surface area contributed by atoms with Crippen molar-refractivity contribution in [2.45, 2.75) is 0 Å². The molecular formula is C9H6ClNO. The maximum absolute atomic E-state index is 5.79.